The Morgan fingerprint density at radius 2 is 2.05 bits per heavy atom. The largest absolute Gasteiger partial charge is 0.492 e. The second kappa shape index (κ2) is 7.65. The number of nitrogens with one attached hydrogen (secondary N) is 1. The van der Waals surface area contributed by atoms with E-state index in [-0.39, 0.29) is 0 Å². The fourth-order valence-corrected chi connectivity index (χ4v) is 2.45. The minimum atomic E-state index is 0.603. The number of nitrogens with zero attached hydrogens (tertiary/aromatic N) is 1. The normalized spacial score (nSPS) is 15.1. The van der Waals surface area contributed by atoms with E-state index in [0.717, 1.165) is 31.4 Å². The maximum absolute atomic E-state index is 5.99. The number of hydrogen-bond acceptors (Lipinski definition) is 3. The molecule has 1 aromatic carbocycles. The molecule has 1 aliphatic carbocycles. The lowest BCUT2D eigenvalue weighted by Crippen LogP contribution is -2.36. The Labute approximate surface area is 123 Å². The minimum Gasteiger partial charge on any atom is -0.492 e. The molecule has 0 aromatic heterocycles. The van der Waals surface area contributed by atoms with E-state index < -0.39 is 0 Å². The molecule has 0 bridgehead atoms. The minimum absolute atomic E-state index is 0.603. The Balaban J connectivity index is 1.81. The summed E-state index contributed by atoms with van der Waals surface area (Å²) in [5.74, 6) is 1.95. The molecule has 20 heavy (non-hydrogen) atoms. The average molecular weight is 276 g/mol. The molecule has 3 nitrogen and oxygen atoms in total. The SMILES string of the molecule is CNCc1ccccc1OCCN(CC1CC1)C(C)C. The van der Waals surface area contributed by atoms with Crippen LogP contribution in [0.15, 0.2) is 24.3 Å². The first-order valence-corrected chi connectivity index (χ1v) is 7.80. The van der Waals surface area contributed by atoms with Gasteiger partial charge in [-0.25, -0.2) is 0 Å². The van der Waals surface area contributed by atoms with Crippen LogP contribution in [-0.2, 0) is 6.54 Å². The quantitative estimate of drug-likeness (QED) is 0.750. The molecule has 2 rings (SSSR count). The van der Waals surface area contributed by atoms with Crippen molar-refractivity contribution in [3.8, 4) is 5.75 Å². The maximum Gasteiger partial charge on any atom is 0.123 e. The molecule has 1 aromatic rings. The number of para-hydroxylation sites is 1. The van der Waals surface area contributed by atoms with Crippen molar-refractivity contribution >= 4 is 0 Å². The lowest BCUT2D eigenvalue weighted by molar-refractivity contribution is 0.169. The Kier molecular flexibility index (Phi) is 5.86. The molecule has 0 aliphatic heterocycles. The highest BCUT2D eigenvalue weighted by molar-refractivity contribution is 5.33. The molecule has 1 N–H and O–H groups in total. The summed E-state index contributed by atoms with van der Waals surface area (Å²) in [4.78, 5) is 2.54. The molecule has 112 valence electrons. The number of hydrogen-bond donors (Lipinski definition) is 1. The lowest BCUT2D eigenvalue weighted by atomic mass is 10.2. The summed E-state index contributed by atoms with van der Waals surface area (Å²) < 4.78 is 5.99. The number of benzene rings is 1. The van der Waals surface area contributed by atoms with E-state index in [1.54, 1.807) is 0 Å². The summed E-state index contributed by atoms with van der Waals surface area (Å²) in [6.45, 7) is 8.42. The molecular weight excluding hydrogens is 248 g/mol. The van der Waals surface area contributed by atoms with Gasteiger partial charge in [-0.05, 0) is 45.7 Å². The van der Waals surface area contributed by atoms with Crippen LogP contribution >= 0.6 is 0 Å². The van der Waals surface area contributed by atoms with E-state index in [4.69, 9.17) is 4.74 Å². The van der Waals surface area contributed by atoms with Crippen molar-refractivity contribution in [2.75, 3.05) is 26.7 Å². The van der Waals surface area contributed by atoms with Crippen LogP contribution < -0.4 is 10.1 Å². The molecule has 0 spiro atoms. The van der Waals surface area contributed by atoms with Crippen LogP contribution in [0.25, 0.3) is 0 Å². The Hall–Kier alpha value is -1.06. The Bertz CT molecular complexity index is 402. The van der Waals surface area contributed by atoms with Gasteiger partial charge in [0.1, 0.15) is 12.4 Å². The molecule has 0 amide bonds. The summed E-state index contributed by atoms with van der Waals surface area (Å²) in [6.07, 6.45) is 2.82. The summed E-state index contributed by atoms with van der Waals surface area (Å²) >= 11 is 0. The van der Waals surface area contributed by atoms with Crippen LogP contribution in [0.5, 0.6) is 5.75 Å². The fourth-order valence-electron chi connectivity index (χ4n) is 2.45. The highest BCUT2D eigenvalue weighted by Gasteiger charge is 2.25. The predicted molar refractivity (Wildman–Crippen MR) is 84.1 cm³/mol. The highest BCUT2D eigenvalue weighted by atomic mass is 16.5. The first-order valence-electron chi connectivity index (χ1n) is 7.80. The summed E-state index contributed by atoms with van der Waals surface area (Å²) in [6, 6.07) is 8.89. The third-order valence-electron chi connectivity index (χ3n) is 3.90. The van der Waals surface area contributed by atoms with Crippen LogP contribution in [-0.4, -0.2) is 37.7 Å². The van der Waals surface area contributed by atoms with Crippen LogP contribution in [0.4, 0.5) is 0 Å². The standard InChI is InChI=1S/C17H28N2O/c1-14(2)19(13-15-8-9-15)10-11-20-17-7-5-4-6-16(17)12-18-3/h4-7,14-15,18H,8-13H2,1-3H3. The van der Waals surface area contributed by atoms with E-state index >= 15 is 0 Å². The smallest absolute Gasteiger partial charge is 0.123 e. The molecule has 0 unspecified atom stereocenters. The van der Waals surface area contributed by atoms with Crippen molar-refractivity contribution in [3.05, 3.63) is 29.8 Å². The first-order chi connectivity index (χ1) is 9.70. The molecule has 0 saturated heterocycles. The summed E-state index contributed by atoms with van der Waals surface area (Å²) in [5.41, 5.74) is 1.23. The zero-order valence-corrected chi connectivity index (χ0v) is 13.1. The maximum atomic E-state index is 5.99. The predicted octanol–water partition coefficient (Wildman–Crippen LogP) is 2.91. The van der Waals surface area contributed by atoms with E-state index in [2.05, 4.69) is 42.3 Å². The van der Waals surface area contributed by atoms with E-state index in [1.165, 1.54) is 24.9 Å². The van der Waals surface area contributed by atoms with Gasteiger partial charge in [0, 0.05) is 31.2 Å². The molecule has 1 saturated carbocycles. The van der Waals surface area contributed by atoms with Gasteiger partial charge in [0.2, 0.25) is 0 Å². The van der Waals surface area contributed by atoms with Gasteiger partial charge in [0.15, 0.2) is 0 Å². The van der Waals surface area contributed by atoms with Crippen LogP contribution in [0, 0.1) is 5.92 Å². The average Bonchev–Trinajstić information content (AvgIpc) is 3.23. The fraction of sp³-hybridized carbons (Fsp3) is 0.647. The molecule has 3 heteroatoms. The Morgan fingerprint density at radius 1 is 1.30 bits per heavy atom. The van der Waals surface area contributed by atoms with Gasteiger partial charge in [-0.3, -0.25) is 4.90 Å². The Morgan fingerprint density at radius 3 is 2.70 bits per heavy atom. The van der Waals surface area contributed by atoms with Gasteiger partial charge in [0.05, 0.1) is 0 Å². The number of ether oxygens (including phenoxy) is 1. The van der Waals surface area contributed by atoms with E-state index in [0.29, 0.717) is 6.04 Å². The van der Waals surface area contributed by atoms with Crippen molar-refractivity contribution in [1.82, 2.24) is 10.2 Å². The second-order valence-electron chi connectivity index (χ2n) is 6.02. The van der Waals surface area contributed by atoms with Gasteiger partial charge in [0.25, 0.3) is 0 Å². The molecule has 0 atom stereocenters. The monoisotopic (exact) mass is 276 g/mol. The third kappa shape index (κ3) is 4.80. The second-order valence-corrected chi connectivity index (χ2v) is 6.02. The van der Waals surface area contributed by atoms with Crippen molar-refractivity contribution < 1.29 is 4.74 Å². The summed E-state index contributed by atoms with van der Waals surface area (Å²) in [7, 11) is 1.97. The van der Waals surface area contributed by atoms with Crippen LogP contribution in [0.3, 0.4) is 0 Å². The summed E-state index contributed by atoms with van der Waals surface area (Å²) in [5, 5.41) is 3.19. The zero-order valence-electron chi connectivity index (χ0n) is 13.1. The van der Waals surface area contributed by atoms with Gasteiger partial charge in [-0.15, -0.1) is 0 Å². The first kappa shape index (κ1) is 15.3. The van der Waals surface area contributed by atoms with Crippen molar-refractivity contribution in [2.24, 2.45) is 5.92 Å². The third-order valence-corrected chi connectivity index (χ3v) is 3.90. The molecule has 1 aliphatic rings. The molecule has 0 heterocycles. The van der Waals surface area contributed by atoms with Gasteiger partial charge >= 0.3 is 0 Å². The highest BCUT2D eigenvalue weighted by Crippen LogP contribution is 2.30. The van der Waals surface area contributed by atoms with Gasteiger partial charge in [-0.1, -0.05) is 18.2 Å². The van der Waals surface area contributed by atoms with E-state index in [1.807, 2.05) is 13.1 Å². The zero-order chi connectivity index (χ0) is 14.4. The van der Waals surface area contributed by atoms with Crippen LogP contribution in [0.2, 0.25) is 0 Å². The van der Waals surface area contributed by atoms with E-state index in [9.17, 15) is 0 Å². The van der Waals surface area contributed by atoms with Crippen molar-refractivity contribution in [1.29, 1.82) is 0 Å². The van der Waals surface area contributed by atoms with Gasteiger partial charge in [-0.2, -0.15) is 0 Å². The van der Waals surface area contributed by atoms with Crippen molar-refractivity contribution in [2.45, 2.75) is 39.3 Å². The topological polar surface area (TPSA) is 24.5 Å². The number of rotatable bonds is 9. The van der Waals surface area contributed by atoms with Gasteiger partial charge < -0.3 is 10.1 Å². The molecule has 0 radical (unpaired) electrons. The molecular formula is C17H28N2O. The van der Waals surface area contributed by atoms with Crippen molar-refractivity contribution in [3.63, 3.8) is 0 Å². The van der Waals surface area contributed by atoms with Crippen LogP contribution in [0.1, 0.15) is 32.3 Å². The molecule has 1 fully saturated rings. The lowest BCUT2D eigenvalue weighted by Gasteiger charge is -2.26.